The molecule has 2 N–H and O–H groups in total. The monoisotopic (exact) mass is 278 g/mol. The van der Waals surface area contributed by atoms with Gasteiger partial charge in [0.15, 0.2) is 5.82 Å². The lowest BCUT2D eigenvalue weighted by atomic mass is 9.91. The molecule has 1 unspecified atom stereocenters. The number of ether oxygens (including phenoxy) is 1. The molecule has 3 rings (SSSR count). The maximum atomic E-state index is 6.36. The van der Waals surface area contributed by atoms with Crippen LogP contribution in [0.25, 0.3) is 0 Å². The summed E-state index contributed by atoms with van der Waals surface area (Å²) >= 11 is 0. The van der Waals surface area contributed by atoms with Crippen molar-refractivity contribution in [3.63, 3.8) is 0 Å². The molecule has 1 aromatic rings. The van der Waals surface area contributed by atoms with Crippen molar-refractivity contribution >= 4 is 5.82 Å². The molecule has 0 aromatic carbocycles. The van der Waals surface area contributed by atoms with Crippen molar-refractivity contribution in [3.05, 3.63) is 5.69 Å². The van der Waals surface area contributed by atoms with E-state index in [1.807, 2.05) is 4.68 Å². The van der Waals surface area contributed by atoms with Gasteiger partial charge in [-0.15, -0.1) is 5.10 Å². The summed E-state index contributed by atoms with van der Waals surface area (Å²) in [5.74, 6) is 0.547. The Balaban J connectivity index is 1.73. The van der Waals surface area contributed by atoms with Crippen LogP contribution >= 0.6 is 0 Å². The van der Waals surface area contributed by atoms with Crippen LogP contribution in [0.3, 0.4) is 0 Å². The van der Waals surface area contributed by atoms with Gasteiger partial charge in [0.05, 0.1) is 23.9 Å². The van der Waals surface area contributed by atoms with Crippen LogP contribution in [0.2, 0.25) is 0 Å². The minimum absolute atomic E-state index is 0.0444. The Labute approximate surface area is 120 Å². The molecule has 112 valence electrons. The van der Waals surface area contributed by atoms with E-state index in [4.69, 9.17) is 10.5 Å². The van der Waals surface area contributed by atoms with Gasteiger partial charge in [0.2, 0.25) is 0 Å². The number of rotatable bonds is 2. The van der Waals surface area contributed by atoms with Crippen LogP contribution in [0, 0.1) is 0 Å². The molecule has 1 aromatic heterocycles. The highest BCUT2D eigenvalue weighted by Gasteiger charge is 2.42. The molecule has 2 heterocycles. The van der Waals surface area contributed by atoms with Crippen molar-refractivity contribution in [1.29, 1.82) is 0 Å². The van der Waals surface area contributed by atoms with Crippen LogP contribution in [0.15, 0.2) is 0 Å². The minimum Gasteiger partial charge on any atom is -0.381 e. The Bertz CT molecular complexity index is 483. The fraction of sp³-hybridized carbons (Fsp3) is 0.867. The topological polar surface area (TPSA) is 66.0 Å². The van der Waals surface area contributed by atoms with Gasteiger partial charge in [-0.05, 0) is 25.7 Å². The van der Waals surface area contributed by atoms with Gasteiger partial charge >= 0.3 is 0 Å². The zero-order chi connectivity index (χ0) is 14.4. The third-order valence-corrected chi connectivity index (χ3v) is 4.70. The molecule has 0 bridgehead atoms. The number of anilines is 1. The van der Waals surface area contributed by atoms with Gasteiger partial charge in [0.1, 0.15) is 0 Å². The number of nitrogen functional groups attached to an aromatic ring is 1. The SMILES string of the molecule is CC(C)(C)c1c(N)nnn1CC1CCC2(CCCC2)O1. The zero-order valence-corrected chi connectivity index (χ0v) is 12.9. The highest BCUT2D eigenvalue weighted by molar-refractivity contribution is 5.37. The van der Waals surface area contributed by atoms with Gasteiger partial charge < -0.3 is 10.5 Å². The normalized spacial score (nSPS) is 25.6. The molecule has 2 fully saturated rings. The molecular formula is C15H26N4O. The van der Waals surface area contributed by atoms with Gasteiger partial charge in [-0.1, -0.05) is 38.8 Å². The molecule has 1 spiro atoms. The van der Waals surface area contributed by atoms with Crippen molar-refractivity contribution in [2.45, 2.75) is 83.0 Å². The summed E-state index contributed by atoms with van der Waals surface area (Å²) in [6, 6.07) is 0. The van der Waals surface area contributed by atoms with Gasteiger partial charge in [-0.2, -0.15) is 0 Å². The number of nitrogens with two attached hydrogens (primary N) is 1. The standard InChI is InChI=1S/C15H26N4O/c1-14(2,3)12-13(16)17-18-19(12)10-11-6-9-15(20-11)7-4-5-8-15/h11H,4-10,16H2,1-3H3. The summed E-state index contributed by atoms with van der Waals surface area (Å²) in [6.07, 6.45) is 7.68. The van der Waals surface area contributed by atoms with E-state index < -0.39 is 0 Å². The second-order valence-electron chi connectivity index (χ2n) is 7.42. The first kappa shape index (κ1) is 13.9. The zero-order valence-electron chi connectivity index (χ0n) is 12.9. The molecule has 1 saturated carbocycles. The molecule has 20 heavy (non-hydrogen) atoms. The van der Waals surface area contributed by atoms with E-state index in [1.54, 1.807) is 0 Å². The van der Waals surface area contributed by atoms with Crippen LogP contribution in [0.4, 0.5) is 5.82 Å². The largest absolute Gasteiger partial charge is 0.381 e. The van der Waals surface area contributed by atoms with Crippen molar-refractivity contribution in [2.24, 2.45) is 0 Å². The molecule has 2 aliphatic rings. The number of aromatic nitrogens is 3. The fourth-order valence-electron chi connectivity index (χ4n) is 3.83. The first-order chi connectivity index (χ1) is 9.40. The van der Waals surface area contributed by atoms with Gasteiger partial charge in [-0.25, -0.2) is 4.68 Å². The summed E-state index contributed by atoms with van der Waals surface area (Å²) < 4.78 is 8.31. The Morgan fingerprint density at radius 3 is 2.65 bits per heavy atom. The van der Waals surface area contributed by atoms with Crippen LogP contribution in [-0.4, -0.2) is 26.7 Å². The average molecular weight is 278 g/mol. The van der Waals surface area contributed by atoms with Gasteiger partial charge in [0, 0.05) is 5.41 Å². The average Bonchev–Trinajstić information content (AvgIpc) is 3.03. The summed E-state index contributed by atoms with van der Waals surface area (Å²) in [7, 11) is 0. The van der Waals surface area contributed by atoms with E-state index in [0.29, 0.717) is 5.82 Å². The predicted octanol–water partition coefficient (Wildman–Crippen LogP) is 2.65. The predicted molar refractivity (Wildman–Crippen MR) is 78.4 cm³/mol. The van der Waals surface area contributed by atoms with E-state index in [0.717, 1.165) is 18.7 Å². The fourth-order valence-corrected chi connectivity index (χ4v) is 3.83. The van der Waals surface area contributed by atoms with Crippen LogP contribution in [0.5, 0.6) is 0 Å². The van der Waals surface area contributed by atoms with Crippen LogP contribution in [-0.2, 0) is 16.7 Å². The van der Waals surface area contributed by atoms with Gasteiger partial charge in [-0.3, -0.25) is 0 Å². The van der Waals surface area contributed by atoms with E-state index in [9.17, 15) is 0 Å². The quantitative estimate of drug-likeness (QED) is 0.903. The molecule has 5 heteroatoms. The Morgan fingerprint density at radius 1 is 1.30 bits per heavy atom. The summed E-state index contributed by atoms with van der Waals surface area (Å²) in [6.45, 7) is 7.21. The van der Waals surface area contributed by atoms with E-state index in [-0.39, 0.29) is 17.1 Å². The molecule has 1 aliphatic heterocycles. The third-order valence-electron chi connectivity index (χ3n) is 4.70. The Morgan fingerprint density at radius 2 is 2.00 bits per heavy atom. The summed E-state index contributed by atoms with van der Waals surface area (Å²) in [5, 5.41) is 8.27. The number of hydrogen-bond acceptors (Lipinski definition) is 4. The van der Waals surface area contributed by atoms with Crippen molar-refractivity contribution in [1.82, 2.24) is 15.0 Å². The Hall–Kier alpha value is -1.10. The second-order valence-corrected chi connectivity index (χ2v) is 7.42. The maximum absolute atomic E-state index is 6.36. The van der Waals surface area contributed by atoms with Crippen LogP contribution < -0.4 is 5.73 Å². The van der Waals surface area contributed by atoms with Crippen molar-refractivity contribution in [3.8, 4) is 0 Å². The lowest BCUT2D eigenvalue weighted by Crippen LogP contribution is -2.28. The van der Waals surface area contributed by atoms with Crippen molar-refractivity contribution < 1.29 is 4.74 Å². The molecule has 1 saturated heterocycles. The van der Waals surface area contributed by atoms with Crippen LogP contribution in [0.1, 0.15) is 65.0 Å². The Kier molecular flexibility index (Phi) is 3.27. The summed E-state index contributed by atoms with van der Waals surface area (Å²) in [4.78, 5) is 0. The highest BCUT2D eigenvalue weighted by Crippen LogP contribution is 2.43. The number of nitrogens with zero attached hydrogens (tertiary/aromatic N) is 3. The summed E-state index contributed by atoms with van der Waals surface area (Å²) in [5.41, 5.74) is 7.14. The highest BCUT2D eigenvalue weighted by atomic mass is 16.5. The first-order valence-corrected chi connectivity index (χ1v) is 7.77. The first-order valence-electron chi connectivity index (χ1n) is 7.77. The van der Waals surface area contributed by atoms with Gasteiger partial charge in [0.25, 0.3) is 0 Å². The lowest BCUT2D eigenvalue weighted by molar-refractivity contribution is -0.0434. The second kappa shape index (κ2) is 4.72. The number of hydrogen-bond donors (Lipinski definition) is 1. The molecule has 0 radical (unpaired) electrons. The molecule has 5 nitrogen and oxygen atoms in total. The van der Waals surface area contributed by atoms with E-state index in [2.05, 4.69) is 31.1 Å². The lowest BCUT2D eigenvalue weighted by Gasteiger charge is -2.25. The maximum Gasteiger partial charge on any atom is 0.169 e. The van der Waals surface area contributed by atoms with Crippen molar-refractivity contribution in [2.75, 3.05) is 5.73 Å². The van der Waals surface area contributed by atoms with E-state index in [1.165, 1.54) is 32.1 Å². The molecule has 1 atom stereocenters. The molecule has 0 amide bonds. The third kappa shape index (κ3) is 2.43. The molecule has 1 aliphatic carbocycles. The minimum atomic E-state index is -0.0444. The smallest absolute Gasteiger partial charge is 0.169 e. The molecular weight excluding hydrogens is 252 g/mol. The van der Waals surface area contributed by atoms with E-state index >= 15 is 0 Å².